The first-order valence-electron chi connectivity index (χ1n) is 4.25. The van der Waals surface area contributed by atoms with E-state index in [1.165, 1.54) is 5.69 Å². The van der Waals surface area contributed by atoms with E-state index in [1.807, 2.05) is 18.2 Å². The average Bonchev–Trinajstić information content (AvgIpc) is 2.09. The van der Waals surface area contributed by atoms with Crippen molar-refractivity contribution in [3.63, 3.8) is 0 Å². The zero-order chi connectivity index (χ0) is 8.97. The molecule has 1 aromatic rings. The summed E-state index contributed by atoms with van der Waals surface area (Å²) in [5.74, 6) is 0. The van der Waals surface area contributed by atoms with Gasteiger partial charge in [-0.3, -0.25) is 0 Å². The molecule has 1 atom stereocenters. The predicted octanol–water partition coefficient (Wildman–Crippen LogP) is 3.66. The van der Waals surface area contributed by atoms with Gasteiger partial charge in [-0.15, -0.1) is 0 Å². The monoisotopic (exact) mass is 227 g/mol. The normalized spacial score (nSPS) is 12.6. The molecule has 0 spiro atoms. The molecule has 1 nitrogen and oxygen atoms in total. The van der Waals surface area contributed by atoms with Crippen LogP contribution in [0.3, 0.4) is 0 Å². The van der Waals surface area contributed by atoms with Gasteiger partial charge in [0.05, 0.1) is 0 Å². The van der Waals surface area contributed by atoms with Crippen molar-refractivity contribution in [1.82, 2.24) is 0 Å². The number of hydrogen-bond acceptors (Lipinski definition) is 1. The molecule has 0 radical (unpaired) electrons. The third-order valence-electron chi connectivity index (χ3n) is 1.89. The van der Waals surface area contributed by atoms with Gasteiger partial charge in [0.2, 0.25) is 0 Å². The van der Waals surface area contributed by atoms with E-state index in [2.05, 4.69) is 41.2 Å². The summed E-state index contributed by atoms with van der Waals surface area (Å²) < 4.78 is 1.13. The molecule has 0 aliphatic carbocycles. The van der Waals surface area contributed by atoms with Gasteiger partial charge < -0.3 is 5.32 Å². The Kier molecular flexibility index (Phi) is 3.60. The van der Waals surface area contributed by atoms with Crippen LogP contribution in [-0.4, -0.2) is 6.04 Å². The van der Waals surface area contributed by atoms with Crippen molar-refractivity contribution in [2.75, 3.05) is 5.32 Å². The molecule has 0 aromatic heterocycles. The SMILES string of the molecule is CCC(C)Nc1ccccc1Br. The first-order chi connectivity index (χ1) is 5.74. The Morgan fingerprint density at radius 3 is 2.67 bits per heavy atom. The second-order valence-corrected chi connectivity index (χ2v) is 3.79. The van der Waals surface area contributed by atoms with Gasteiger partial charge in [-0.1, -0.05) is 19.1 Å². The second-order valence-electron chi connectivity index (χ2n) is 2.93. The van der Waals surface area contributed by atoms with Crippen molar-refractivity contribution < 1.29 is 0 Å². The highest BCUT2D eigenvalue weighted by molar-refractivity contribution is 9.10. The third kappa shape index (κ3) is 2.52. The Hall–Kier alpha value is -0.500. The Balaban J connectivity index is 2.69. The van der Waals surface area contributed by atoms with Gasteiger partial charge in [-0.2, -0.15) is 0 Å². The molecular weight excluding hydrogens is 214 g/mol. The fourth-order valence-corrected chi connectivity index (χ4v) is 1.35. The Labute approximate surface area is 82.3 Å². The molecule has 66 valence electrons. The van der Waals surface area contributed by atoms with Crippen LogP contribution in [0, 0.1) is 0 Å². The fourth-order valence-electron chi connectivity index (χ4n) is 0.946. The fraction of sp³-hybridized carbons (Fsp3) is 0.400. The molecule has 2 heteroatoms. The van der Waals surface area contributed by atoms with Crippen LogP contribution in [0.1, 0.15) is 20.3 Å². The van der Waals surface area contributed by atoms with Crippen LogP contribution < -0.4 is 5.32 Å². The molecule has 1 aromatic carbocycles. The summed E-state index contributed by atoms with van der Waals surface area (Å²) in [4.78, 5) is 0. The van der Waals surface area contributed by atoms with E-state index >= 15 is 0 Å². The molecule has 0 fully saturated rings. The first-order valence-corrected chi connectivity index (χ1v) is 5.04. The van der Waals surface area contributed by atoms with Crippen LogP contribution in [0.4, 0.5) is 5.69 Å². The summed E-state index contributed by atoms with van der Waals surface area (Å²) in [6, 6.07) is 8.71. The van der Waals surface area contributed by atoms with Crippen LogP contribution in [0.2, 0.25) is 0 Å². The summed E-state index contributed by atoms with van der Waals surface area (Å²) in [5.41, 5.74) is 1.17. The van der Waals surface area contributed by atoms with Gasteiger partial charge in [0.1, 0.15) is 0 Å². The highest BCUT2D eigenvalue weighted by atomic mass is 79.9. The molecule has 0 heterocycles. The minimum Gasteiger partial charge on any atom is -0.382 e. The Bertz CT molecular complexity index is 247. The number of para-hydroxylation sites is 1. The topological polar surface area (TPSA) is 12.0 Å². The lowest BCUT2D eigenvalue weighted by atomic mass is 10.2. The number of nitrogens with one attached hydrogen (secondary N) is 1. The summed E-state index contributed by atoms with van der Waals surface area (Å²) in [5, 5.41) is 3.41. The zero-order valence-corrected chi connectivity index (χ0v) is 9.06. The third-order valence-corrected chi connectivity index (χ3v) is 2.58. The number of halogens is 1. The van der Waals surface area contributed by atoms with E-state index < -0.39 is 0 Å². The van der Waals surface area contributed by atoms with E-state index in [4.69, 9.17) is 0 Å². The maximum atomic E-state index is 3.49. The summed E-state index contributed by atoms with van der Waals surface area (Å²) in [7, 11) is 0. The highest BCUT2D eigenvalue weighted by Gasteiger charge is 2.00. The standard InChI is InChI=1S/C10H14BrN/c1-3-8(2)12-10-7-5-4-6-9(10)11/h4-8,12H,3H2,1-2H3. The molecule has 1 rings (SSSR count). The molecule has 0 amide bonds. The largest absolute Gasteiger partial charge is 0.382 e. The van der Waals surface area contributed by atoms with E-state index in [9.17, 15) is 0 Å². The predicted molar refractivity (Wildman–Crippen MR) is 57.5 cm³/mol. The molecule has 0 aliphatic rings. The second kappa shape index (κ2) is 4.51. The Morgan fingerprint density at radius 2 is 2.08 bits per heavy atom. The maximum Gasteiger partial charge on any atom is 0.0486 e. The molecule has 1 unspecified atom stereocenters. The maximum absolute atomic E-state index is 3.49. The molecule has 0 bridgehead atoms. The van der Waals surface area contributed by atoms with Gasteiger partial charge in [0.25, 0.3) is 0 Å². The molecule has 0 saturated carbocycles. The minimum absolute atomic E-state index is 0.531. The minimum atomic E-state index is 0.531. The van der Waals surface area contributed by atoms with Crippen molar-refractivity contribution in [2.45, 2.75) is 26.3 Å². The van der Waals surface area contributed by atoms with Gasteiger partial charge in [0.15, 0.2) is 0 Å². The lowest BCUT2D eigenvalue weighted by Gasteiger charge is -2.13. The van der Waals surface area contributed by atoms with E-state index in [0.717, 1.165) is 10.9 Å². The van der Waals surface area contributed by atoms with Crippen LogP contribution in [-0.2, 0) is 0 Å². The summed E-state index contributed by atoms with van der Waals surface area (Å²) in [6.45, 7) is 4.36. The zero-order valence-electron chi connectivity index (χ0n) is 7.47. The van der Waals surface area contributed by atoms with Gasteiger partial charge in [0, 0.05) is 16.2 Å². The summed E-state index contributed by atoms with van der Waals surface area (Å²) >= 11 is 3.49. The van der Waals surface area contributed by atoms with E-state index in [1.54, 1.807) is 0 Å². The van der Waals surface area contributed by atoms with Crippen LogP contribution in [0.25, 0.3) is 0 Å². The number of rotatable bonds is 3. The molecule has 0 saturated heterocycles. The van der Waals surface area contributed by atoms with Crippen molar-refractivity contribution in [3.05, 3.63) is 28.7 Å². The van der Waals surface area contributed by atoms with Gasteiger partial charge >= 0.3 is 0 Å². The summed E-state index contributed by atoms with van der Waals surface area (Å²) in [6.07, 6.45) is 1.14. The van der Waals surface area contributed by atoms with Crippen molar-refractivity contribution in [1.29, 1.82) is 0 Å². The van der Waals surface area contributed by atoms with Crippen LogP contribution in [0.5, 0.6) is 0 Å². The van der Waals surface area contributed by atoms with Crippen molar-refractivity contribution >= 4 is 21.6 Å². The lowest BCUT2D eigenvalue weighted by molar-refractivity contribution is 0.763. The van der Waals surface area contributed by atoms with Crippen LogP contribution >= 0.6 is 15.9 Å². The number of benzene rings is 1. The molecule has 12 heavy (non-hydrogen) atoms. The number of anilines is 1. The van der Waals surface area contributed by atoms with Crippen LogP contribution in [0.15, 0.2) is 28.7 Å². The van der Waals surface area contributed by atoms with E-state index in [-0.39, 0.29) is 0 Å². The highest BCUT2D eigenvalue weighted by Crippen LogP contribution is 2.22. The average molecular weight is 228 g/mol. The smallest absolute Gasteiger partial charge is 0.0486 e. The van der Waals surface area contributed by atoms with Gasteiger partial charge in [-0.25, -0.2) is 0 Å². The first kappa shape index (κ1) is 9.59. The quantitative estimate of drug-likeness (QED) is 0.832. The van der Waals surface area contributed by atoms with Crippen molar-refractivity contribution in [3.8, 4) is 0 Å². The number of hydrogen-bond donors (Lipinski definition) is 1. The molecule has 0 aliphatic heterocycles. The lowest BCUT2D eigenvalue weighted by Crippen LogP contribution is -2.13. The molecule has 1 N–H and O–H groups in total. The van der Waals surface area contributed by atoms with Crippen molar-refractivity contribution in [2.24, 2.45) is 0 Å². The Morgan fingerprint density at radius 1 is 1.42 bits per heavy atom. The molecular formula is C10H14BrN. The van der Waals surface area contributed by atoms with E-state index in [0.29, 0.717) is 6.04 Å². The van der Waals surface area contributed by atoms with Gasteiger partial charge in [-0.05, 0) is 41.4 Å².